The van der Waals surface area contributed by atoms with E-state index in [1.54, 1.807) is 0 Å². The summed E-state index contributed by atoms with van der Waals surface area (Å²) < 4.78 is 10.7. The number of nitrogens with zero attached hydrogens (tertiary/aromatic N) is 1. The van der Waals surface area contributed by atoms with Crippen molar-refractivity contribution in [2.75, 3.05) is 0 Å². The molecule has 1 radical (unpaired) electrons. The molecule has 0 saturated carbocycles. The van der Waals surface area contributed by atoms with E-state index < -0.39 is 14.2 Å². The van der Waals surface area contributed by atoms with E-state index in [0.717, 1.165) is 0 Å². The topological polar surface area (TPSA) is 24.4 Å². The summed E-state index contributed by atoms with van der Waals surface area (Å²) in [5.74, 6) is 0. The number of hydrogen-bond donors (Lipinski definition) is 1. The van der Waals surface area contributed by atoms with Crippen molar-refractivity contribution in [3.05, 3.63) is 0 Å². The smallest absolute Gasteiger partial charge is 0.262 e. The van der Waals surface area contributed by atoms with Crippen molar-refractivity contribution in [3.63, 3.8) is 0 Å². The first-order chi connectivity index (χ1) is 4.91. The summed E-state index contributed by atoms with van der Waals surface area (Å²) in [6.45, 7) is 0. The van der Waals surface area contributed by atoms with Gasteiger partial charge in [-0.05, 0) is 42.7 Å². The van der Waals surface area contributed by atoms with Crippen LogP contribution < -0.4 is 5.43 Å². The predicted octanol–water partition coefficient (Wildman–Crippen LogP) is 4.41. The summed E-state index contributed by atoms with van der Waals surface area (Å²) in [4.78, 5) is 0. The molecular weight excluding hydrogens is 508 g/mol. The Labute approximate surface area is 114 Å². The fourth-order valence-corrected chi connectivity index (χ4v) is 2.36. The van der Waals surface area contributed by atoms with Crippen LogP contribution in [0.1, 0.15) is 0 Å². The molecule has 1 aliphatic rings. The largest absolute Gasteiger partial charge is 0.284 e. The second kappa shape index (κ2) is 3.08. The van der Waals surface area contributed by atoms with Gasteiger partial charge in [0.15, 0.2) is 0 Å². The molecule has 0 saturated heterocycles. The van der Waals surface area contributed by atoms with Gasteiger partial charge in [0.1, 0.15) is 0 Å². The molecule has 0 unspecified atom stereocenters. The van der Waals surface area contributed by atoms with Crippen molar-refractivity contribution in [1.82, 2.24) is 5.43 Å². The number of hydrogen-bond acceptors (Lipinski definition) is 2. The molecule has 1 N–H and O–H groups in total. The molecule has 83 valence electrons. The van der Waals surface area contributed by atoms with Crippen molar-refractivity contribution in [1.29, 1.82) is 0 Å². The van der Waals surface area contributed by atoms with Gasteiger partial charge in [0, 0.05) is 20.1 Å². The van der Waals surface area contributed by atoms with E-state index in [1.165, 1.54) is 0 Å². The van der Waals surface area contributed by atoms with Crippen LogP contribution in [0.4, 0.5) is 4.39 Å². The summed E-state index contributed by atoms with van der Waals surface area (Å²) >= 11 is 10.9. The Morgan fingerprint density at radius 1 is 1.23 bits per heavy atom. The van der Waals surface area contributed by atoms with E-state index in [1.807, 2.05) is 5.43 Å². The van der Waals surface area contributed by atoms with Crippen molar-refractivity contribution < 1.29 is 24.5 Å². The van der Waals surface area contributed by atoms with Crippen LogP contribution in [0.25, 0.3) is 0 Å². The SMILES string of the molecule is FC1=NNC(Cl)(Cl)S1(Cl)(Cl)(Cl)Cl.[Ir]. The standard InChI is InChI=1S/C2HCl6FN2S.Ir/c3-2(4)11-10-1(9)12(2,5,6,7)8;/h11H;. The van der Waals surface area contributed by atoms with Crippen LogP contribution in [0.2, 0.25) is 0 Å². The average molecular weight is 509 g/mol. The fraction of sp³-hybridized carbons (Fsp3) is 0.500. The molecule has 1 heterocycles. The number of nitrogens with one attached hydrogen (secondary N) is 1. The molecule has 0 fully saturated rings. The molecular formula is C2HCl6FIrN2S. The van der Waals surface area contributed by atoms with E-state index in [-0.39, 0.29) is 20.1 Å². The Bertz CT molecular complexity index is 281. The van der Waals surface area contributed by atoms with Gasteiger partial charge in [-0.3, -0.25) is 5.43 Å². The zero-order valence-electron chi connectivity index (χ0n) is 5.33. The molecule has 0 atom stereocenters. The number of halogens is 7. The Morgan fingerprint density at radius 2 is 1.62 bits per heavy atom. The van der Waals surface area contributed by atoms with Crippen LogP contribution in [-0.2, 0) is 20.1 Å². The molecule has 0 aromatic carbocycles. The summed E-state index contributed by atoms with van der Waals surface area (Å²) in [7, 11) is 22.0. The Kier molecular flexibility index (Phi) is 3.59. The van der Waals surface area contributed by atoms with Crippen LogP contribution in [0.5, 0.6) is 0 Å². The molecule has 0 aromatic rings. The zero-order valence-corrected chi connectivity index (χ0v) is 13.1. The van der Waals surface area contributed by atoms with Gasteiger partial charge in [-0.15, -0.1) is 5.10 Å². The summed E-state index contributed by atoms with van der Waals surface area (Å²) in [5, 5.41) is -3.86. The maximum Gasteiger partial charge on any atom is 0.284 e. The van der Waals surface area contributed by atoms with Gasteiger partial charge in [-0.2, -0.15) is 4.39 Å². The summed E-state index contributed by atoms with van der Waals surface area (Å²) in [6.07, 6.45) is 0. The molecule has 1 rings (SSSR count). The average Bonchev–Trinajstić information content (AvgIpc) is 1.88. The van der Waals surface area contributed by atoms with E-state index in [2.05, 4.69) is 5.10 Å². The third-order valence-corrected chi connectivity index (χ3v) is 11.7. The minimum Gasteiger partial charge on any atom is -0.262 e. The van der Waals surface area contributed by atoms with E-state index in [9.17, 15) is 4.39 Å². The third kappa shape index (κ3) is 1.90. The molecule has 0 aromatic heterocycles. The van der Waals surface area contributed by atoms with Gasteiger partial charge in [-0.1, -0.05) is 23.2 Å². The van der Waals surface area contributed by atoms with Crippen LogP contribution in [0.3, 0.4) is 0 Å². The maximum atomic E-state index is 13.0. The Hall–Kier alpha value is 2.14. The molecule has 1 aliphatic heterocycles. The first-order valence-electron chi connectivity index (χ1n) is 2.29. The number of rotatable bonds is 0. The first kappa shape index (κ1) is 15.1. The van der Waals surface area contributed by atoms with Crippen LogP contribution in [0.15, 0.2) is 5.10 Å². The van der Waals surface area contributed by atoms with Crippen molar-refractivity contribution >= 4 is 76.4 Å². The summed E-state index contributed by atoms with van der Waals surface area (Å²) in [5.41, 5.74) is 1.89. The molecule has 0 bridgehead atoms. The minimum atomic E-state index is -5.39. The second-order valence-corrected chi connectivity index (χ2v) is 19.0. The monoisotopic (exact) mass is 507 g/mol. The van der Waals surface area contributed by atoms with Crippen molar-refractivity contribution in [2.45, 2.75) is 3.79 Å². The van der Waals surface area contributed by atoms with Gasteiger partial charge in [-0.25, -0.2) is 0 Å². The maximum absolute atomic E-state index is 13.0. The van der Waals surface area contributed by atoms with Crippen LogP contribution in [0, 0.1) is 0 Å². The zero-order chi connectivity index (χ0) is 9.90. The van der Waals surface area contributed by atoms with E-state index in [0.29, 0.717) is 0 Å². The van der Waals surface area contributed by atoms with Gasteiger partial charge >= 0.3 is 0 Å². The minimum absolute atomic E-state index is 0. The quantitative estimate of drug-likeness (QED) is 0.380. The predicted molar refractivity (Wildman–Crippen MR) is 57.1 cm³/mol. The molecule has 13 heavy (non-hydrogen) atoms. The van der Waals surface area contributed by atoms with E-state index in [4.69, 9.17) is 65.9 Å². The molecule has 0 aliphatic carbocycles. The molecule has 0 amide bonds. The van der Waals surface area contributed by atoms with Gasteiger partial charge in [0.2, 0.25) is 0 Å². The van der Waals surface area contributed by atoms with Crippen LogP contribution >= 0.6 is 71.1 Å². The third-order valence-electron chi connectivity index (χ3n) is 1.13. The fourth-order valence-electron chi connectivity index (χ4n) is 0.398. The van der Waals surface area contributed by atoms with E-state index >= 15 is 0 Å². The molecule has 0 spiro atoms. The normalized spacial score (nSPS) is 36.4. The van der Waals surface area contributed by atoms with Crippen molar-refractivity contribution in [3.8, 4) is 0 Å². The first-order valence-corrected chi connectivity index (χ1v) is 8.80. The number of alkyl halides is 2. The van der Waals surface area contributed by atoms with Crippen molar-refractivity contribution in [2.24, 2.45) is 5.10 Å². The van der Waals surface area contributed by atoms with Gasteiger partial charge in [0.25, 0.3) is 9.09 Å². The second-order valence-electron chi connectivity index (χ2n) is 2.06. The molecule has 2 nitrogen and oxygen atoms in total. The Morgan fingerprint density at radius 3 is 1.69 bits per heavy atom. The molecule has 11 heteroatoms. The van der Waals surface area contributed by atoms with Crippen LogP contribution in [-0.4, -0.2) is 9.09 Å². The van der Waals surface area contributed by atoms with Gasteiger partial charge < -0.3 is 0 Å². The van der Waals surface area contributed by atoms with Gasteiger partial charge in [0.05, 0.1) is 5.15 Å². The Balaban J connectivity index is 0.00000144. The number of hydrazone groups is 1. The summed E-state index contributed by atoms with van der Waals surface area (Å²) in [6, 6.07) is 0.